The van der Waals surface area contributed by atoms with Crippen molar-refractivity contribution in [3.05, 3.63) is 52.4 Å². The van der Waals surface area contributed by atoms with Crippen molar-refractivity contribution in [2.24, 2.45) is 5.10 Å². The molecule has 0 aliphatic carbocycles. The van der Waals surface area contributed by atoms with Crippen LogP contribution in [-0.2, 0) is 0 Å². The Morgan fingerprint density at radius 3 is 2.53 bits per heavy atom. The highest BCUT2D eigenvalue weighted by molar-refractivity contribution is 9.10. The number of halogens is 1. The molecule has 2 rings (SSSR count). The van der Waals surface area contributed by atoms with Crippen molar-refractivity contribution in [3.8, 4) is 5.75 Å². The molecule has 6 heteroatoms. The molecule has 0 saturated carbocycles. The van der Waals surface area contributed by atoms with Gasteiger partial charge in [0.25, 0.3) is 0 Å². The van der Waals surface area contributed by atoms with Crippen LogP contribution in [0, 0.1) is 0 Å². The van der Waals surface area contributed by atoms with Crippen molar-refractivity contribution in [2.45, 2.75) is 6.92 Å². The smallest absolute Gasteiger partial charge is 0.307 e. The summed E-state index contributed by atoms with van der Waals surface area (Å²) >= 11 is 3.12. The molecular weight excluding hydrogens is 312 g/mol. The van der Waals surface area contributed by atoms with Gasteiger partial charge in [-0.25, -0.2) is 5.43 Å². The Labute approximate surface area is 118 Å². The van der Waals surface area contributed by atoms with Gasteiger partial charge in [-0.15, -0.1) is 0 Å². The van der Waals surface area contributed by atoms with Crippen molar-refractivity contribution in [1.82, 2.24) is 5.43 Å². The van der Waals surface area contributed by atoms with Crippen LogP contribution < -0.4 is 5.43 Å². The minimum absolute atomic E-state index is 0.175. The van der Waals surface area contributed by atoms with E-state index in [4.69, 9.17) is 4.42 Å². The Bertz CT molecular complexity index is 617. The predicted octanol–water partition coefficient (Wildman–Crippen LogP) is 2.90. The van der Waals surface area contributed by atoms with E-state index in [1.165, 1.54) is 0 Å². The highest BCUT2D eigenvalue weighted by Crippen LogP contribution is 2.14. The topological polar surface area (TPSA) is 74.8 Å². The van der Waals surface area contributed by atoms with Crippen LogP contribution in [0.1, 0.15) is 23.0 Å². The quantitative estimate of drug-likeness (QED) is 0.674. The molecular formula is C13H11BrN2O3. The molecule has 5 nitrogen and oxygen atoms in total. The molecule has 0 unspecified atom stereocenters. The average molecular weight is 323 g/mol. The predicted molar refractivity (Wildman–Crippen MR) is 74.2 cm³/mol. The highest BCUT2D eigenvalue weighted by atomic mass is 79.9. The van der Waals surface area contributed by atoms with Gasteiger partial charge in [-0.1, -0.05) is 0 Å². The number of hydrogen-bond donors (Lipinski definition) is 2. The molecule has 0 spiro atoms. The first-order chi connectivity index (χ1) is 9.06. The van der Waals surface area contributed by atoms with E-state index in [1.54, 1.807) is 43.3 Å². The fourth-order valence-corrected chi connectivity index (χ4v) is 1.70. The highest BCUT2D eigenvalue weighted by Gasteiger charge is 2.09. The molecule has 0 bridgehead atoms. The molecule has 1 aromatic heterocycles. The molecule has 0 saturated heterocycles. The molecule has 1 heterocycles. The van der Waals surface area contributed by atoms with Gasteiger partial charge >= 0.3 is 5.91 Å². The fourth-order valence-electron chi connectivity index (χ4n) is 1.39. The van der Waals surface area contributed by atoms with Gasteiger partial charge in [0.1, 0.15) is 5.75 Å². The Morgan fingerprint density at radius 2 is 1.95 bits per heavy atom. The number of aromatic hydroxyl groups is 1. The number of nitrogens with zero attached hydrogens (tertiary/aromatic N) is 1. The Balaban J connectivity index is 2.06. The number of rotatable bonds is 3. The first-order valence-electron chi connectivity index (χ1n) is 5.45. The van der Waals surface area contributed by atoms with E-state index in [0.29, 0.717) is 10.4 Å². The Kier molecular flexibility index (Phi) is 4.01. The molecule has 2 aromatic rings. The summed E-state index contributed by atoms with van der Waals surface area (Å²) in [5.74, 6) is -0.0704. The third-order valence-corrected chi connectivity index (χ3v) is 2.83. The second-order valence-corrected chi connectivity index (χ2v) is 4.57. The molecule has 0 radical (unpaired) electrons. The third-order valence-electron chi connectivity index (χ3n) is 2.41. The Morgan fingerprint density at radius 1 is 1.26 bits per heavy atom. The van der Waals surface area contributed by atoms with Crippen LogP contribution in [0.25, 0.3) is 0 Å². The minimum Gasteiger partial charge on any atom is -0.508 e. The van der Waals surface area contributed by atoms with E-state index >= 15 is 0 Å². The number of hydrazone groups is 1. The lowest BCUT2D eigenvalue weighted by atomic mass is 10.1. The van der Waals surface area contributed by atoms with Crippen molar-refractivity contribution in [2.75, 3.05) is 0 Å². The van der Waals surface area contributed by atoms with Gasteiger partial charge in [-0.2, -0.15) is 5.10 Å². The van der Waals surface area contributed by atoms with Gasteiger partial charge in [0, 0.05) is 0 Å². The zero-order valence-electron chi connectivity index (χ0n) is 10.1. The van der Waals surface area contributed by atoms with Crippen molar-refractivity contribution in [3.63, 3.8) is 0 Å². The molecule has 0 fully saturated rings. The lowest BCUT2D eigenvalue weighted by Gasteiger charge is -2.01. The summed E-state index contributed by atoms with van der Waals surface area (Å²) in [6, 6.07) is 9.71. The number of benzene rings is 1. The summed E-state index contributed by atoms with van der Waals surface area (Å²) in [7, 11) is 0. The zero-order valence-corrected chi connectivity index (χ0v) is 11.6. The van der Waals surface area contributed by atoms with Gasteiger partial charge in [0.15, 0.2) is 10.4 Å². The van der Waals surface area contributed by atoms with Gasteiger partial charge in [-0.3, -0.25) is 4.79 Å². The molecule has 98 valence electrons. The SMILES string of the molecule is C/C(=N\NC(=O)c1ccc(Br)o1)c1ccc(O)cc1. The molecule has 1 amide bonds. The van der Waals surface area contributed by atoms with Crippen LogP contribution in [0.3, 0.4) is 0 Å². The fraction of sp³-hybridized carbons (Fsp3) is 0.0769. The van der Waals surface area contributed by atoms with Crippen LogP contribution in [0.2, 0.25) is 0 Å². The standard InChI is InChI=1S/C13H11BrN2O3/c1-8(9-2-4-10(17)5-3-9)15-16-13(18)11-6-7-12(14)19-11/h2-7,17H,1H3,(H,16,18)/b15-8+. The van der Waals surface area contributed by atoms with Gasteiger partial charge in [0.2, 0.25) is 0 Å². The summed E-state index contributed by atoms with van der Waals surface area (Å²) in [5.41, 5.74) is 3.83. The third kappa shape index (κ3) is 3.45. The number of furan rings is 1. The van der Waals surface area contributed by atoms with E-state index in [0.717, 1.165) is 5.56 Å². The second-order valence-electron chi connectivity index (χ2n) is 3.79. The van der Waals surface area contributed by atoms with Crippen LogP contribution in [0.15, 0.2) is 50.6 Å². The summed E-state index contributed by atoms with van der Waals surface area (Å²) in [4.78, 5) is 11.7. The van der Waals surface area contributed by atoms with E-state index < -0.39 is 5.91 Å². The van der Waals surface area contributed by atoms with Crippen LogP contribution in [-0.4, -0.2) is 16.7 Å². The average Bonchev–Trinajstić information content (AvgIpc) is 2.83. The largest absolute Gasteiger partial charge is 0.508 e. The van der Waals surface area contributed by atoms with Crippen LogP contribution >= 0.6 is 15.9 Å². The van der Waals surface area contributed by atoms with Crippen molar-refractivity contribution >= 4 is 27.5 Å². The number of phenolic OH excluding ortho intramolecular Hbond substituents is 1. The lowest BCUT2D eigenvalue weighted by Crippen LogP contribution is -2.18. The number of hydrogen-bond acceptors (Lipinski definition) is 4. The maximum absolute atomic E-state index is 11.7. The van der Waals surface area contributed by atoms with Gasteiger partial charge in [0.05, 0.1) is 5.71 Å². The van der Waals surface area contributed by atoms with Gasteiger partial charge < -0.3 is 9.52 Å². The normalized spacial score (nSPS) is 11.4. The molecule has 0 aliphatic rings. The zero-order chi connectivity index (χ0) is 13.8. The molecule has 0 aliphatic heterocycles. The minimum atomic E-state index is -0.427. The van der Waals surface area contributed by atoms with Crippen LogP contribution in [0.4, 0.5) is 0 Å². The van der Waals surface area contributed by atoms with E-state index in [1.807, 2.05) is 0 Å². The summed E-state index contributed by atoms with van der Waals surface area (Å²) in [6.07, 6.45) is 0. The molecule has 2 N–H and O–H groups in total. The summed E-state index contributed by atoms with van der Waals surface area (Å²) in [5, 5.41) is 13.2. The maximum Gasteiger partial charge on any atom is 0.307 e. The van der Waals surface area contributed by atoms with Crippen LogP contribution in [0.5, 0.6) is 5.75 Å². The number of carbonyl (C=O) groups excluding carboxylic acids is 1. The van der Waals surface area contributed by atoms with E-state index in [2.05, 4.69) is 26.5 Å². The van der Waals surface area contributed by atoms with Gasteiger partial charge in [-0.05, 0) is 64.8 Å². The number of phenols is 1. The first kappa shape index (κ1) is 13.4. The Hall–Kier alpha value is -2.08. The molecule has 1 aromatic carbocycles. The molecule has 19 heavy (non-hydrogen) atoms. The first-order valence-corrected chi connectivity index (χ1v) is 6.25. The van der Waals surface area contributed by atoms with Crippen molar-refractivity contribution in [1.29, 1.82) is 0 Å². The number of amides is 1. The number of nitrogens with one attached hydrogen (secondary N) is 1. The van der Waals surface area contributed by atoms with Crippen molar-refractivity contribution < 1.29 is 14.3 Å². The maximum atomic E-state index is 11.7. The van der Waals surface area contributed by atoms with E-state index in [-0.39, 0.29) is 11.5 Å². The van der Waals surface area contributed by atoms with E-state index in [9.17, 15) is 9.90 Å². The second kappa shape index (κ2) is 5.71. The molecule has 0 atom stereocenters. The monoisotopic (exact) mass is 322 g/mol. The summed E-state index contributed by atoms with van der Waals surface area (Å²) in [6.45, 7) is 1.75. The number of carbonyl (C=O) groups is 1. The summed E-state index contributed by atoms with van der Waals surface area (Å²) < 4.78 is 5.58. The lowest BCUT2D eigenvalue weighted by molar-refractivity contribution is 0.0926.